The van der Waals surface area contributed by atoms with E-state index in [0.29, 0.717) is 5.75 Å². The van der Waals surface area contributed by atoms with Crippen LogP contribution in [0.5, 0.6) is 11.5 Å². The van der Waals surface area contributed by atoms with Gasteiger partial charge >= 0.3 is 0 Å². The molecule has 0 saturated heterocycles. The summed E-state index contributed by atoms with van der Waals surface area (Å²) in [5.74, 6) is 1.41. The van der Waals surface area contributed by atoms with E-state index in [9.17, 15) is 5.11 Å². The number of aliphatic hydroxyl groups excluding tert-OH is 1. The van der Waals surface area contributed by atoms with Crippen molar-refractivity contribution < 1.29 is 19.3 Å². The molecule has 3 N–H and O–H groups in total. The van der Waals surface area contributed by atoms with Crippen molar-refractivity contribution in [1.29, 1.82) is 0 Å². The molecule has 2 unspecified atom stereocenters. The largest absolute Gasteiger partial charge is 0.491 e. The highest BCUT2D eigenvalue weighted by atomic mass is 16.5. The number of fused-ring (bicyclic) bond motifs is 1. The Morgan fingerprint density at radius 1 is 1.45 bits per heavy atom. The molecule has 5 heteroatoms. The average molecular weight is 281 g/mol. The van der Waals surface area contributed by atoms with Crippen LogP contribution < -0.4 is 15.2 Å². The lowest BCUT2D eigenvalue weighted by atomic mass is 9.90. The maximum absolute atomic E-state index is 9.57. The maximum Gasteiger partial charge on any atom is 0.128 e. The lowest BCUT2D eigenvalue weighted by molar-refractivity contribution is 0.0320. The zero-order valence-corrected chi connectivity index (χ0v) is 12.3. The number of methoxy groups -OCH3 is 1. The zero-order chi connectivity index (χ0) is 14.8. The van der Waals surface area contributed by atoms with Gasteiger partial charge in [0.1, 0.15) is 29.8 Å². The minimum atomic E-state index is -0.643. The lowest BCUT2D eigenvalue weighted by Gasteiger charge is -2.36. The molecule has 0 aromatic heterocycles. The Labute approximate surface area is 119 Å². The summed E-state index contributed by atoms with van der Waals surface area (Å²) in [5.41, 5.74) is 6.87. The topological polar surface area (TPSA) is 73.9 Å². The Morgan fingerprint density at radius 2 is 2.20 bits per heavy atom. The van der Waals surface area contributed by atoms with Crippen LogP contribution in [0.25, 0.3) is 0 Å². The number of hydrogen-bond acceptors (Lipinski definition) is 5. The number of rotatable bonds is 5. The van der Waals surface area contributed by atoms with Crippen molar-refractivity contribution in [3.63, 3.8) is 0 Å². The second kappa shape index (κ2) is 5.99. The van der Waals surface area contributed by atoms with Gasteiger partial charge < -0.3 is 25.1 Å². The van der Waals surface area contributed by atoms with Crippen molar-refractivity contribution in [3.8, 4) is 11.5 Å². The molecule has 0 spiro atoms. The summed E-state index contributed by atoms with van der Waals surface area (Å²) in [7, 11) is 1.54. The fraction of sp³-hybridized carbons (Fsp3) is 0.600. The fourth-order valence-electron chi connectivity index (χ4n) is 2.41. The van der Waals surface area contributed by atoms with E-state index in [1.807, 2.05) is 32.0 Å². The van der Waals surface area contributed by atoms with Gasteiger partial charge in [-0.3, -0.25) is 0 Å². The molecule has 0 bridgehead atoms. The molecular weight excluding hydrogens is 258 g/mol. The molecule has 0 fully saturated rings. The number of ether oxygens (including phenoxy) is 3. The van der Waals surface area contributed by atoms with Crippen molar-refractivity contribution in [3.05, 3.63) is 23.8 Å². The highest BCUT2D eigenvalue weighted by Gasteiger charge is 2.31. The maximum atomic E-state index is 9.57. The summed E-state index contributed by atoms with van der Waals surface area (Å²) in [4.78, 5) is 0. The van der Waals surface area contributed by atoms with E-state index in [2.05, 4.69) is 0 Å². The Bertz CT molecular complexity index is 461. The lowest BCUT2D eigenvalue weighted by Crippen LogP contribution is -2.37. The van der Waals surface area contributed by atoms with E-state index in [4.69, 9.17) is 19.9 Å². The summed E-state index contributed by atoms with van der Waals surface area (Å²) in [6.45, 7) is 4.47. The van der Waals surface area contributed by atoms with Gasteiger partial charge in [-0.2, -0.15) is 0 Å². The minimum Gasteiger partial charge on any atom is -0.491 e. The summed E-state index contributed by atoms with van der Waals surface area (Å²) in [5, 5.41) is 9.57. The van der Waals surface area contributed by atoms with Gasteiger partial charge in [-0.1, -0.05) is 6.07 Å². The van der Waals surface area contributed by atoms with Crippen LogP contribution in [0.3, 0.4) is 0 Å². The van der Waals surface area contributed by atoms with Crippen LogP contribution in [0.2, 0.25) is 0 Å². The third-order valence-electron chi connectivity index (χ3n) is 3.28. The van der Waals surface area contributed by atoms with E-state index in [1.54, 1.807) is 7.11 Å². The monoisotopic (exact) mass is 281 g/mol. The summed E-state index contributed by atoms with van der Waals surface area (Å²) in [6.07, 6.45) is 0.142. The van der Waals surface area contributed by atoms with E-state index < -0.39 is 6.10 Å². The van der Waals surface area contributed by atoms with Gasteiger partial charge in [0.2, 0.25) is 0 Å². The Balaban J connectivity index is 2.07. The molecule has 0 radical (unpaired) electrons. The molecule has 1 aliphatic rings. The molecule has 1 aromatic rings. The molecule has 5 nitrogen and oxygen atoms in total. The van der Waals surface area contributed by atoms with Crippen molar-refractivity contribution >= 4 is 0 Å². The van der Waals surface area contributed by atoms with Crippen LogP contribution in [0.1, 0.15) is 31.9 Å². The van der Waals surface area contributed by atoms with Crippen LogP contribution in [0.4, 0.5) is 0 Å². The molecular formula is C15H23NO4. The van der Waals surface area contributed by atoms with Gasteiger partial charge in [0.15, 0.2) is 0 Å². The molecule has 20 heavy (non-hydrogen) atoms. The zero-order valence-electron chi connectivity index (χ0n) is 12.3. The van der Waals surface area contributed by atoms with Gasteiger partial charge in [0, 0.05) is 31.2 Å². The number of nitrogens with two attached hydrogens (primary N) is 1. The summed E-state index contributed by atoms with van der Waals surface area (Å²) in [6, 6.07) is 5.57. The second-order valence-corrected chi connectivity index (χ2v) is 5.79. The fourth-order valence-corrected chi connectivity index (χ4v) is 2.41. The first-order valence-corrected chi connectivity index (χ1v) is 6.79. The Kier molecular flexibility index (Phi) is 4.52. The third-order valence-corrected chi connectivity index (χ3v) is 3.28. The molecule has 1 aliphatic heterocycles. The summed E-state index contributed by atoms with van der Waals surface area (Å²) >= 11 is 0. The highest BCUT2D eigenvalue weighted by molar-refractivity contribution is 5.44. The van der Waals surface area contributed by atoms with E-state index in [0.717, 1.165) is 17.7 Å². The predicted molar refractivity (Wildman–Crippen MR) is 76.1 cm³/mol. The normalized spacial score (nSPS) is 21.8. The SMILES string of the molecule is COCC(O)COc1ccc2c(c1)OC(C)(C)CC2N. The minimum absolute atomic E-state index is 0.0260. The number of benzene rings is 1. The molecule has 112 valence electrons. The van der Waals surface area contributed by atoms with Crippen LogP contribution >= 0.6 is 0 Å². The van der Waals surface area contributed by atoms with Crippen molar-refractivity contribution in [2.24, 2.45) is 5.73 Å². The molecule has 1 heterocycles. The van der Waals surface area contributed by atoms with Gasteiger partial charge in [-0.25, -0.2) is 0 Å². The first kappa shape index (κ1) is 15.1. The standard InChI is InChI=1S/C15H23NO4/c1-15(2)7-13(16)12-5-4-11(6-14(12)20-15)19-9-10(17)8-18-3/h4-6,10,13,17H,7-9,16H2,1-3H3. The Morgan fingerprint density at radius 3 is 2.90 bits per heavy atom. The van der Waals surface area contributed by atoms with E-state index in [1.165, 1.54) is 0 Å². The molecule has 0 saturated carbocycles. The first-order valence-electron chi connectivity index (χ1n) is 6.79. The average Bonchev–Trinajstić information content (AvgIpc) is 2.34. The van der Waals surface area contributed by atoms with Gasteiger partial charge in [0.05, 0.1) is 6.61 Å². The molecule has 0 amide bonds. The molecule has 1 aromatic carbocycles. The van der Waals surface area contributed by atoms with Crippen LogP contribution in [0.15, 0.2) is 18.2 Å². The van der Waals surface area contributed by atoms with Crippen molar-refractivity contribution in [1.82, 2.24) is 0 Å². The van der Waals surface area contributed by atoms with Crippen LogP contribution in [-0.4, -0.2) is 37.1 Å². The molecule has 2 atom stereocenters. The van der Waals surface area contributed by atoms with Gasteiger partial charge in [-0.05, 0) is 19.9 Å². The summed E-state index contributed by atoms with van der Waals surface area (Å²) < 4.78 is 16.3. The van der Waals surface area contributed by atoms with Gasteiger partial charge in [0.25, 0.3) is 0 Å². The van der Waals surface area contributed by atoms with E-state index in [-0.39, 0.29) is 24.9 Å². The second-order valence-electron chi connectivity index (χ2n) is 5.79. The highest BCUT2D eigenvalue weighted by Crippen LogP contribution is 2.39. The van der Waals surface area contributed by atoms with Crippen LogP contribution in [-0.2, 0) is 4.74 Å². The predicted octanol–water partition coefficient (Wildman–Crippen LogP) is 1.63. The van der Waals surface area contributed by atoms with Crippen molar-refractivity contribution in [2.75, 3.05) is 20.3 Å². The third kappa shape index (κ3) is 3.62. The quantitative estimate of drug-likeness (QED) is 0.858. The van der Waals surface area contributed by atoms with Gasteiger partial charge in [-0.15, -0.1) is 0 Å². The van der Waals surface area contributed by atoms with Crippen molar-refractivity contribution in [2.45, 2.75) is 38.0 Å². The van der Waals surface area contributed by atoms with Crippen LogP contribution in [0, 0.1) is 0 Å². The molecule has 2 rings (SSSR count). The smallest absolute Gasteiger partial charge is 0.128 e. The molecule has 0 aliphatic carbocycles. The Hall–Kier alpha value is -1.30. The first-order chi connectivity index (χ1) is 9.41. The number of hydrogen-bond donors (Lipinski definition) is 2. The van der Waals surface area contributed by atoms with E-state index >= 15 is 0 Å². The number of aliphatic hydroxyl groups is 1.